The molecular formula is C56H49N3O2. The van der Waals surface area contributed by atoms with Gasteiger partial charge in [-0.1, -0.05) is 95.3 Å². The predicted molar refractivity (Wildman–Crippen MR) is 252 cm³/mol. The molecule has 0 N–H and O–H groups in total. The SMILES string of the molecule is [2H]C1(c2ccc(-c3ccc4cc5c(cc4c3)oc3c(-c4ccccn4)cc(Oc4ccc6c7ccccc7n(-c7cc(C(C)(C)C)ccn7)c6c4)cc35)cc2)CCC(C)(C)CC1. The largest absolute Gasteiger partial charge is 0.457 e. The van der Waals surface area contributed by atoms with Crippen LogP contribution in [-0.2, 0) is 5.41 Å². The summed E-state index contributed by atoms with van der Waals surface area (Å²) in [5.74, 6) is 1.79. The minimum absolute atomic E-state index is 0.0201. The molecule has 4 aromatic heterocycles. The topological polar surface area (TPSA) is 53.1 Å². The Morgan fingerprint density at radius 3 is 2.25 bits per heavy atom. The molecule has 5 heteroatoms. The first-order chi connectivity index (χ1) is 29.9. The highest BCUT2D eigenvalue weighted by molar-refractivity contribution is 6.14. The highest BCUT2D eigenvalue weighted by atomic mass is 16.5. The van der Waals surface area contributed by atoms with Crippen LogP contribution in [0.3, 0.4) is 0 Å². The number of fused-ring (bicyclic) bond motifs is 7. The van der Waals surface area contributed by atoms with Crippen LogP contribution in [0.4, 0.5) is 0 Å². The van der Waals surface area contributed by atoms with Crippen molar-refractivity contribution in [2.24, 2.45) is 5.41 Å². The molecule has 0 atom stereocenters. The number of furan rings is 1. The lowest BCUT2D eigenvalue weighted by Crippen LogP contribution is -2.20. The van der Waals surface area contributed by atoms with Crippen LogP contribution in [0, 0.1) is 5.41 Å². The van der Waals surface area contributed by atoms with Crippen LogP contribution in [-0.4, -0.2) is 14.5 Å². The van der Waals surface area contributed by atoms with Crippen molar-refractivity contribution in [3.63, 3.8) is 0 Å². The number of rotatable bonds is 6. The van der Waals surface area contributed by atoms with E-state index in [0.29, 0.717) is 11.2 Å². The van der Waals surface area contributed by atoms with Crippen molar-refractivity contribution >= 4 is 54.5 Å². The van der Waals surface area contributed by atoms with Gasteiger partial charge >= 0.3 is 0 Å². The molecule has 300 valence electrons. The minimum atomic E-state index is -0.505. The molecule has 1 aliphatic rings. The Labute approximate surface area is 358 Å². The Morgan fingerprint density at radius 2 is 1.44 bits per heavy atom. The molecule has 61 heavy (non-hydrogen) atoms. The van der Waals surface area contributed by atoms with Gasteiger partial charge in [-0.15, -0.1) is 0 Å². The molecule has 10 aromatic rings. The van der Waals surface area contributed by atoms with Crippen molar-refractivity contribution in [2.75, 3.05) is 0 Å². The second-order valence-electron chi connectivity index (χ2n) is 18.7. The fourth-order valence-corrected chi connectivity index (χ4v) is 9.36. The Bertz CT molecular complexity index is 3340. The summed E-state index contributed by atoms with van der Waals surface area (Å²) in [5.41, 5.74) is 10.3. The summed E-state index contributed by atoms with van der Waals surface area (Å²) in [4.78, 5) is 9.64. The minimum Gasteiger partial charge on any atom is -0.457 e. The van der Waals surface area contributed by atoms with Gasteiger partial charge in [0.25, 0.3) is 0 Å². The Kier molecular flexibility index (Phi) is 8.42. The normalized spacial score (nSPS) is 15.5. The molecule has 0 saturated heterocycles. The second-order valence-corrected chi connectivity index (χ2v) is 18.7. The molecular weight excluding hydrogens is 747 g/mol. The van der Waals surface area contributed by atoms with E-state index in [1.807, 2.05) is 36.7 Å². The van der Waals surface area contributed by atoms with E-state index in [4.69, 9.17) is 19.1 Å². The number of hydrogen-bond donors (Lipinski definition) is 0. The summed E-state index contributed by atoms with van der Waals surface area (Å²) in [6.45, 7) is 11.3. The predicted octanol–water partition coefficient (Wildman–Crippen LogP) is 15.7. The van der Waals surface area contributed by atoms with Crippen LogP contribution >= 0.6 is 0 Å². The van der Waals surface area contributed by atoms with E-state index in [-0.39, 0.29) is 5.41 Å². The molecule has 0 bridgehead atoms. The van der Waals surface area contributed by atoms with Crippen LogP contribution in [0.15, 0.2) is 156 Å². The van der Waals surface area contributed by atoms with Gasteiger partial charge in [0, 0.05) is 46.9 Å². The second kappa shape index (κ2) is 14.2. The lowest BCUT2D eigenvalue weighted by molar-refractivity contribution is 0.224. The summed E-state index contributed by atoms with van der Waals surface area (Å²) in [7, 11) is 0. The van der Waals surface area contributed by atoms with E-state index < -0.39 is 5.89 Å². The van der Waals surface area contributed by atoms with E-state index in [2.05, 4.69) is 154 Å². The highest BCUT2D eigenvalue weighted by Crippen LogP contribution is 2.44. The Morgan fingerprint density at radius 1 is 0.656 bits per heavy atom. The first-order valence-electron chi connectivity index (χ1n) is 22.0. The molecule has 0 unspecified atom stereocenters. The van der Waals surface area contributed by atoms with Crippen molar-refractivity contribution in [1.82, 2.24) is 14.5 Å². The molecule has 1 saturated carbocycles. The zero-order valence-corrected chi connectivity index (χ0v) is 35.4. The van der Waals surface area contributed by atoms with Crippen LogP contribution in [0.2, 0.25) is 0 Å². The number of pyridine rings is 2. The van der Waals surface area contributed by atoms with E-state index in [9.17, 15) is 1.37 Å². The van der Waals surface area contributed by atoms with E-state index in [1.165, 1.54) is 10.9 Å². The zero-order chi connectivity index (χ0) is 42.4. The maximum absolute atomic E-state index is 9.27. The molecule has 0 spiro atoms. The third-order valence-corrected chi connectivity index (χ3v) is 13.0. The number of aromatic nitrogens is 3. The molecule has 1 fully saturated rings. The molecule has 5 nitrogen and oxygen atoms in total. The van der Waals surface area contributed by atoms with Crippen molar-refractivity contribution in [3.05, 3.63) is 163 Å². The van der Waals surface area contributed by atoms with Gasteiger partial charge in [0.15, 0.2) is 0 Å². The molecule has 0 radical (unpaired) electrons. The fraction of sp³-hybridized carbons (Fsp3) is 0.214. The van der Waals surface area contributed by atoms with Gasteiger partial charge in [0.1, 0.15) is 28.5 Å². The average molecular weight is 797 g/mol. The summed E-state index contributed by atoms with van der Waals surface area (Å²) in [6.07, 6.45) is 7.72. The summed E-state index contributed by atoms with van der Waals surface area (Å²) >= 11 is 0. The smallest absolute Gasteiger partial charge is 0.145 e. The van der Waals surface area contributed by atoms with Gasteiger partial charge in [-0.05, 0) is 148 Å². The molecule has 11 rings (SSSR count). The monoisotopic (exact) mass is 796 g/mol. The zero-order valence-electron chi connectivity index (χ0n) is 36.4. The van der Waals surface area contributed by atoms with E-state index in [1.54, 1.807) is 0 Å². The van der Waals surface area contributed by atoms with Crippen molar-refractivity contribution < 1.29 is 10.5 Å². The molecule has 6 aromatic carbocycles. The maximum atomic E-state index is 9.27. The standard InChI is InChI=1S/C56H49N3O2/c1-55(2,3)41-23-27-58-53(31-41)59-50-12-7-6-10-44(50)45-20-19-42(34-51(45)59)60-43-32-47-46-29-39-18-17-38(36-15-13-35(14-16-36)37-21-24-56(4,5)25-22-37)28-40(39)30-52(46)61-54(47)48(33-43)49-11-8-9-26-57-49/h6-20,23,26-34,37H,21-22,24-25H2,1-5H3/i37D. The summed E-state index contributed by atoms with van der Waals surface area (Å²) in [6, 6.07) is 49.0. The van der Waals surface area contributed by atoms with Gasteiger partial charge in [-0.3, -0.25) is 9.55 Å². The maximum Gasteiger partial charge on any atom is 0.145 e. The number of ether oxygens (including phenoxy) is 1. The van der Waals surface area contributed by atoms with E-state index >= 15 is 0 Å². The molecule has 0 amide bonds. The number of hydrogen-bond acceptors (Lipinski definition) is 4. The summed E-state index contributed by atoms with van der Waals surface area (Å²) in [5, 5.41) is 6.52. The Balaban J connectivity index is 0.986. The third-order valence-electron chi connectivity index (χ3n) is 13.0. The van der Waals surface area contributed by atoms with Crippen LogP contribution in [0.25, 0.3) is 82.7 Å². The summed E-state index contributed by atoms with van der Waals surface area (Å²) < 4.78 is 25.1. The number of benzene rings is 6. The van der Waals surface area contributed by atoms with Crippen molar-refractivity contribution in [1.29, 1.82) is 0 Å². The number of nitrogens with zero attached hydrogens (tertiary/aromatic N) is 3. The van der Waals surface area contributed by atoms with Gasteiger partial charge in [0.2, 0.25) is 0 Å². The van der Waals surface area contributed by atoms with Crippen molar-refractivity contribution in [3.8, 4) is 39.7 Å². The highest BCUT2D eigenvalue weighted by Gasteiger charge is 2.28. The van der Waals surface area contributed by atoms with Crippen molar-refractivity contribution in [2.45, 2.75) is 71.6 Å². The molecule has 4 heterocycles. The average Bonchev–Trinajstić information content (AvgIpc) is 3.81. The quantitative estimate of drug-likeness (QED) is 0.168. The van der Waals surface area contributed by atoms with Gasteiger partial charge in [0.05, 0.1) is 16.7 Å². The number of para-hydroxylation sites is 1. The van der Waals surface area contributed by atoms with Crippen LogP contribution < -0.4 is 4.74 Å². The van der Waals surface area contributed by atoms with Gasteiger partial charge in [-0.2, -0.15) is 0 Å². The lowest BCUT2D eigenvalue weighted by atomic mass is 9.71. The van der Waals surface area contributed by atoms with Gasteiger partial charge < -0.3 is 9.15 Å². The van der Waals surface area contributed by atoms with Gasteiger partial charge in [-0.25, -0.2) is 4.98 Å². The lowest BCUT2D eigenvalue weighted by Gasteiger charge is -2.34. The third kappa shape index (κ3) is 6.73. The first kappa shape index (κ1) is 36.2. The van der Waals surface area contributed by atoms with Crippen LogP contribution in [0.1, 0.15) is 78.7 Å². The first-order valence-corrected chi connectivity index (χ1v) is 21.5. The Hall–Kier alpha value is -6.72. The van der Waals surface area contributed by atoms with Crippen LogP contribution in [0.5, 0.6) is 11.5 Å². The molecule has 1 aliphatic carbocycles. The van der Waals surface area contributed by atoms with E-state index in [0.717, 1.165) is 114 Å². The molecule has 0 aliphatic heterocycles. The fourth-order valence-electron chi connectivity index (χ4n) is 9.36.